The molecule has 2 aromatic heterocycles. The maximum Gasteiger partial charge on any atom is 0.275 e. The fourth-order valence-electron chi connectivity index (χ4n) is 3.32. The molecule has 1 amide bonds. The van der Waals surface area contributed by atoms with Gasteiger partial charge in [0.1, 0.15) is 6.54 Å². The van der Waals surface area contributed by atoms with Crippen LogP contribution in [0.2, 0.25) is 10.0 Å². The molecule has 9 heteroatoms. The number of thiazole rings is 1. The minimum Gasteiger partial charge on any atom is -0.283 e. The number of amides is 1. The molecule has 0 aliphatic carbocycles. The van der Waals surface area contributed by atoms with Gasteiger partial charge in [-0.2, -0.15) is 5.10 Å². The molecule has 0 saturated carbocycles. The summed E-state index contributed by atoms with van der Waals surface area (Å²) in [5.74, 6) is -0.316. The average Bonchev–Trinajstić information content (AvgIpc) is 3.27. The van der Waals surface area contributed by atoms with Gasteiger partial charge in [-0.15, -0.1) is 17.9 Å². The second kappa shape index (κ2) is 9.24. The first-order chi connectivity index (χ1) is 15.4. The van der Waals surface area contributed by atoms with Crippen LogP contribution in [0.4, 0.5) is 5.13 Å². The molecule has 0 aliphatic rings. The maximum absolute atomic E-state index is 13.2. The fraction of sp³-hybridized carbons (Fsp3) is 0.130. The van der Waals surface area contributed by atoms with Crippen LogP contribution in [-0.2, 0) is 11.3 Å². The lowest BCUT2D eigenvalue weighted by molar-refractivity contribution is -0.119. The van der Waals surface area contributed by atoms with Crippen molar-refractivity contribution in [1.82, 2.24) is 14.8 Å². The normalized spacial score (nSPS) is 11.0. The highest BCUT2D eigenvalue weighted by molar-refractivity contribution is 7.14. The molecule has 0 saturated heterocycles. The number of fused-ring (bicyclic) bond motifs is 1. The first-order valence-corrected chi connectivity index (χ1v) is 11.3. The van der Waals surface area contributed by atoms with Gasteiger partial charge in [-0.25, -0.2) is 9.67 Å². The minimum absolute atomic E-state index is 0.208. The maximum atomic E-state index is 13.2. The minimum atomic E-state index is -0.316. The number of rotatable bonds is 6. The molecule has 2 heterocycles. The molecule has 32 heavy (non-hydrogen) atoms. The van der Waals surface area contributed by atoms with Gasteiger partial charge in [0, 0.05) is 22.9 Å². The number of benzene rings is 2. The van der Waals surface area contributed by atoms with Crippen molar-refractivity contribution in [2.45, 2.75) is 13.5 Å². The Morgan fingerprint density at radius 1 is 1.19 bits per heavy atom. The van der Waals surface area contributed by atoms with Crippen LogP contribution in [-0.4, -0.2) is 27.2 Å². The largest absolute Gasteiger partial charge is 0.283 e. The number of anilines is 1. The van der Waals surface area contributed by atoms with E-state index < -0.39 is 0 Å². The van der Waals surface area contributed by atoms with Crippen molar-refractivity contribution in [3.8, 4) is 11.3 Å². The van der Waals surface area contributed by atoms with Gasteiger partial charge in [-0.3, -0.25) is 14.5 Å². The van der Waals surface area contributed by atoms with Crippen molar-refractivity contribution in [3.63, 3.8) is 0 Å². The second-order valence-corrected chi connectivity index (χ2v) is 8.68. The van der Waals surface area contributed by atoms with E-state index in [4.69, 9.17) is 23.2 Å². The quantitative estimate of drug-likeness (QED) is 0.345. The van der Waals surface area contributed by atoms with Gasteiger partial charge >= 0.3 is 0 Å². The zero-order valence-electron chi connectivity index (χ0n) is 17.1. The van der Waals surface area contributed by atoms with Crippen molar-refractivity contribution in [2.75, 3.05) is 11.4 Å². The lowest BCUT2D eigenvalue weighted by Crippen LogP contribution is -2.37. The Bertz CT molecular complexity index is 1400. The molecule has 4 rings (SSSR count). The lowest BCUT2D eigenvalue weighted by Gasteiger charge is -2.18. The van der Waals surface area contributed by atoms with Gasteiger partial charge in [0.05, 0.1) is 26.8 Å². The number of aryl methyl sites for hydroxylation is 1. The molecule has 0 spiro atoms. The Hall–Kier alpha value is -3.00. The Morgan fingerprint density at radius 2 is 1.94 bits per heavy atom. The van der Waals surface area contributed by atoms with Crippen LogP contribution in [0, 0.1) is 6.92 Å². The number of aromatic nitrogens is 3. The van der Waals surface area contributed by atoms with Gasteiger partial charge in [0.15, 0.2) is 5.13 Å². The van der Waals surface area contributed by atoms with E-state index in [9.17, 15) is 9.59 Å². The zero-order valence-corrected chi connectivity index (χ0v) is 19.4. The Labute approximate surface area is 198 Å². The highest BCUT2D eigenvalue weighted by atomic mass is 35.5. The molecule has 0 N–H and O–H groups in total. The number of carbonyl (C=O) groups is 1. The molecular weight excluding hydrogens is 467 g/mol. The Kier molecular flexibility index (Phi) is 6.41. The van der Waals surface area contributed by atoms with Crippen molar-refractivity contribution in [3.05, 3.63) is 86.6 Å². The summed E-state index contributed by atoms with van der Waals surface area (Å²) in [5.41, 5.74) is 1.83. The Morgan fingerprint density at radius 3 is 2.66 bits per heavy atom. The van der Waals surface area contributed by atoms with Gasteiger partial charge in [0.25, 0.3) is 11.5 Å². The summed E-state index contributed by atoms with van der Waals surface area (Å²) < 4.78 is 1.20. The summed E-state index contributed by atoms with van der Waals surface area (Å²) in [6, 6.07) is 12.5. The summed E-state index contributed by atoms with van der Waals surface area (Å²) in [5, 5.41) is 8.84. The SMILES string of the molecule is C=CCN(C(=O)Cn1nc(C)c2ccccc2c1=O)c1nc(-c2ccc(Cl)c(Cl)c2)cs1. The van der Waals surface area contributed by atoms with Crippen molar-refractivity contribution < 1.29 is 4.79 Å². The number of nitrogens with zero attached hydrogens (tertiary/aromatic N) is 4. The monoisotopic (exact) mass is 484 g/mol. The van der Waals surface area contributed by atoms with Gasteiger partial charge < -0.3 is 0 Å². The van der Waals surface area contributed by atoms with Crippen molar-refractivity contribution in [2.24, 2.45) is 0 Å². The van der Waals surface area contributed by atoms with E-state index >= 15 is 0 Å². The number of halogens is 2. The van der Waals surface area contributed by atoms with Gasteiger partial charge in [-0.1, -0.05) is 53.5 Å². The molecule has 6 nitrogen and oxygen atoms in total. The van der Waals surface area contributed by atoms with Crippen LogP contribution in [0.25, 0.3) is 22.0 Å². The molecule has 0 radical (unpaired) electrons. The van der Waals surface area contributed by atoms with E-state index in [1.54, 1.807) is 30.3 Å². The van der Waals surface area contributed by atoms with Crippen molar-refractivity contribution >= 4 is 56.3 Å². The molecule has 4 aromatic rings. The van der Waals surface area contributed by atoms with E-state index in [0.717, 1.165) is 10.9 Å². The summed E-state index contributed by atoms with van der Waals surface area (Å²) in [7, 11) is 0. The molecular formula is C23H18Cl2N4O2S. The third-order valence-corrected chi connectivity index (χ3v) is 6.49. The molecule has 2 aromatic carbocycles. The molecule has 0 bridgehead atoms. The third kappa shape index (κ3) is 4.32. The van der Waals surface area contributed by atoms with E-state index in [2.05, 4.69) is 16.7 Å². The van der Waals surface area contributed by atoms with Crippen LogP contribution in [0.1, 0.15) is 5.69 Å². The standard InChI is InChI=1S/C23H18Cl2N4O2S/c1-3-10-28(23-26-20(13-32-23)15-8-9-18(24)19(25)11-15)21(30)12-29-22(31)17-7-5-4-6-16(17)14(2)27-29/h3-9,11,13H,1,10,12H2,2H3. The van der Waals surface area contributed by atoms with Crippen LogP contribution < -0.4 is 10.5 Å². The highest BCUT2D eigenvalue weighted by Gasteiger charge is 2.21. The van der Waals surface area contributed by atoms with Crippen LogP contribution in [0.15, 0.2) is 65.3 Å². The average molecular weight is 485 g/mol. The van der Waals surface area contributed by atoms with Crippen LogP contribution in [0.5, 0.6) is 0 Å². The van der Waals surface area contributed by atoms with Gasteiger partial charge in [0.2, 0.25) is 0 Å². The number of carbonyl (C=O) groups excluding carboxylic acids is 1. The predicted octanol–water partition coefficient (Wildman–Crippen LogP) is 5.35. The summed E-state index contributed by atoms with van der Waals surface area (Å²) in [6.45, 7) is 5.59. The topological polar surface area (TPSA) is 68.1 Å². The highest BCUT2D eigenvalue weighted by Crippen LogP contribution is 2.31. The third-order valence-electron chi connectivity index (χ3n) is 4.89. The van der Waals surface area contributed by atoms with Gasteiger partial charge in [-0.05, 0) is 25.1 Å². The predicted molar refractivity (Wildman–Crippen MR) is 131 cm³/mol. The lowest BCUT2D eigenvalue weighted by atomic mass is 10.1. The molecule has 0 unspecified atom stereocenters. The second-order valence-electron chi connectivity index (χ2n) is 7.03. The van der Waals surface area contributed by atoms with E-state index in [1.165, 1.54) is 20.9 Å². The van der Waals surface area contributed by atoms with Crippen LogP contribution >= 0.6 is 34.5 Å². The molecule has 0 fully saturated rings. The first-order valence-electron chi connectivity index (χ1n) is 9.67. The zero-order chi connectivity index (χ0) is 22.8. The number of hydrogen-bond donors (Lipinski definition) is 0. The molecule has 0 aliphatic heterocycles. The Balaban J connectivity index is 1.64. The summed E-state index contributed by atoms with van der Waals surface area (Å²) in [6.07, 6.45) is 1.61. The van der Waals surface area contributed by atoms with E-state index in [1.807, 2.05) is 30.5 Å². The van der Waals surface area contributed by atoms with Crippen LogP contribution in [0.3, 0.4) is 0 Å². The van der Waals surface area contributed by atoms with E-state index in [-0.39, 0.29) is 24.6 Å². The first kappa shape index (κ1) is 22.2. The van der Waals surface area contributed by atoms with Crippen molar-refractivity contribution in [1.29, 1.82) is 0 Å². The fourth-order valence-corrected chi connectivity index (χ4v) is 4.48. The summed E-state index contributed by atoms with van der Waals surface area (Å²) >= 11 is 13.4. The number of hydrogen-bond acceptors (Lipinski definition) is 5. The smallest absolute Gasteiger partial charge is 0.275 e. The summed E-state index contributed by atoms with van der Waals surface area (Å²) in [4.78, 5) is 32.1. The molecule has 0 atom stereocenters. The molecule has 162 valence electrons. The van der Waals surface area contributed by atoms with E-state index in [0.29, 0.717) is 32.0 Å².